The second kappa shape index (κ2) is 13.0. The number of benzene rings is 4. The molecule has 2 aliphatic heterocycles. The van der Waals surface area contributed by atoms with Crippen LogP contribution in [0.1, 0.15) is 45.6 Å². The monoisotopic (exact) mass is 660 g/mol. The maximum atomic E-state index is 14.2. The number of ether oxygens (including phenoxy) is 4. The van der Waals surface area contributed by atoms with E-state index in [2.05, 4.69) is 0 Å². The van der Waals surface area contributed by atoms with Gasteiger partial charge in [-0.15, -0.1) is 0 Å². The number of carboxylic acids is 1. The minimum absolute atomic E-state index is 0.0844. The van der Waals surface area contributed by atoms with E-state index >= 15 is 0 Å². The van der Waals surface area contributed by atoms with Crippen molar-refractivity contribution < 1.29 is 33.6 Å². The molecular formula is C37H28N2O8S. The van der Waals surface area contributed by atoms with E-state index in [1.807, 2.05) is 48.5 Å². The molecule has 0 bridgehead atoms. The Hall–Kier alpha value is -5.94. The number of aromatic carboxylic acids is 1. The number of nitrogens with zero attached hydrogens (tertiary/aromatic N) is 2. The van der Waals surface area contributed by atoms with Crippen LogP contribution in [0.4, 0.5) is 0 Å². The number of hydrogen-bond acceptors (Lipinski definition) is 9. The number of carboxylic acid groups (broad SMARTS) is 1. The third-order valence-electron chi connectivity index (χ3n) is 7.87. The van der Waals surface area contributed by atoms with Gasteiger partial charge < -0.3 is 24.1 Å². The van der Waals surface area contributed by atoms with Gasteiger partial charge in [0.25, 0.3) is 5.56 Å². The van der Waals surface area contributed by atoms with E-state index < -0.39 is 18.0 Å². The molecule has 1 atom stereocenters. The summed E-state index contributed by atoms with van der Waals surface area (Å²) in [5, 5.41) is 9.10. The van der Waals surface area contributed by atoms with Gasteiger partial charge in [-0.1, -0.05) is 72.0 Å². The fraction of sp³-hybridized carbons (Fsp3) is 0.135. The SMILES string of the molecule is CCOC(=O)C1=C(c2ccccc2)N=c2s/c(=C/c3ccc(OCc4ccc(C(=O)O)cc4)cc3)c(=O)n2[C@@H]1c1ccc2c(c1)OCO2. The van der Waals surface area contributed by atoms with Crippen LogP contribution in [-0.4, -0.2) is 35.0 Å². The van der Waals surface area contributed by atoms with Gasteiger partial charge in [0.1, 0.15) is 12.4 Å². The van der Waals surface area contributed by atoms with E-state index in [1.165, 1.54) is 23.5 Å². The predicted molar refractivity (Wildman–Crippen MR) is 178 cm³/mol. The summed E-state index contributed by atoms with van der Waals surface area (Å²) in [5.41, 5.74) is 3.56. The van der Waals surface area contributed by atoms with Crippen molar-refractivity contribution in [1.82, 2.24) is 4.57 Å². The van der Waals surface area contributed by atoms with Crippen molar-refractivity contribution in [3.8, 4) is 17.2 Å². The molecule has 10 nitrogen and oxygen atoms in total. The Morgan fingerprint density at radius 2 is 1.73 bits per heavy atom. The Bertz CT molecular complexity index is 2240. The summed E-state index contributed by atoms with van der Waals surface area (Å²) in [6.45, 7) is 2.24. The molecule has 7 rings (SSSR count). The Kier molecular flexibility index (Phi) is 8.35. The summed E-state index contributed by atoms with van der Waals surface area (Å²) < 4.78 is 24.6. The van der Waals surface area contributed by atoms with Crippen LogP contribution < -0.4 is 29.1 Å². The molecular weight excluding hydrogens is 632 g/mol. The largest absolute Gasteiger partial charge is 0.489 e. The molecule has 240 valence electrons. The van der Waals surface area contributed by atoms with Gasteiger partial charge in [-0.2, -0.15) is 0 Å². The van der Waals surface area contributed by atoms with E-state index in [0.29, 0.717) is 37.8 Å². The lowest BCUT2D eigenvalue weighted by molar-refractivity contribution is -0.138. The van der Waals surface area contributed by atoms with Crippen LogP contribution in [0.5, 0.6) is 17.2 Å². The number of fused-ring (bicyclic) bond motifs is 2. The molecule has 1 N–H and O–H groups in total. The van der Waals surface area contributed by atoms with Crippen molar-refractivity contribution in [1.29, 1.82) is 0 Å². The standard InChI is InChI=1S/C37H28N2O8S/c1-2-44-36(43)31-32(24-6-4-3-5-7-24)38-37-39(33(31)26-14-17-28-29(19-26)47-21-46-28)34(40)30(48-37)18-22-10-15-27(16-11-22)45-20-23-8-12-25(13-9-23)35(41)42/h3-19,33H,2,20-21H2,1H3,(H,41,42)/b30-18+/t33-/m1/s1. The summed E-state index contributed by atoms with van der Waals surface area (Å²) >= 11 is 1.23. The minimum Gasteiger partial charge on any atom is -0.489 e. The van der Waals surface area contributed by atoms with Gasteiger partial charge in [0.05, 0.1) is 34.0 Å². The zero-order chi connectivity index (χ0) is 33.2. The molecule has 11 heteroatoms. The maximum Gasteiger partial charge on any atom is 0.338 e. The first-order chi connectivity index (χ1) is 23.4. The van der Waals surface area contributed by atoms with Gasteiger partial charge in [0.15, 0.2) is 16.3 Å². The molecule has 48 heavy (non-hydrogen) atoms. The lowest BCUT2D eigenvalue weighted by Gasteiger charge is -2.26. The number of thiazole rings is 1. The highest BCUT2D eigenvalue weighted by molar-refractivity contribution is 7.07. The maximum absolute atomic E-state index is 14.2. The van der Waals surface area contributed by atoms with E-state index in [4.69, 9.17) is 29.0 Å². The summed E-state index contributed by atoms with van der Waals surface area (Å²) in [6, 6.07) is 27.7. The van der Waals surface area contributed by atoms with Crippen molar-refractivity contribution >= 4 is 35.0 Å². The fourth-order valence-electron chi connectivity index (χ4n) is 5.56. The molecule has 0 aliphatic carbocycles. The zero-order valence-electron chi connectivity index (χ0n) is 25.6. The highest BCUT2D eigenvalue weighted by atomic mass is 32.1. The Morgan fingerprint density at radius 3 is 2.46 bits per heavy atom. The highest BCUT2D eigenvalue weighted by Gasteiger charge is 2.36. The summed E-state index contributed by atoms with van der Waals surface area (Å²) in [5.74, 6) is 0.177. The molecule has 0 unspecified atom stereocenters. The number of aromatic nitrogens is 1. The quantitative estimate of drug-likeness (QED) is 0.221. The summed E-state index contributed by atoms with van der Waals surface area (Å²) in [4.78, 5) is 44.3. The second-order valence-electron chi connectivity index (χ2n) is 10.9. The van der Waals surface area contributed by atoms with Crippen molar-refractivity contribution in [2.45, 2.75) is 19.6 Å². The van der Waals surface area contributed by atoms with Gasteiger partial charge in [0.2, 0.25) is 6.79 Å². The van der Waals surface area contributed by atoms with Crippen LogP contribution in [0, 0.1) is 0 Å². The van der Waals surface area contributed by atoms with E-state index in [-0.39, 0.29) is 36.7 Å². The number of hydrogen-bond donors (Lipinski definition) is 1. The first kappa shape index (κ1) is 30.7. The van der Waals surface area contributed by atoms with Gasteiger partial charge in [0, 0.05) is 5.56 Å². The van der Waals surface area contributed by atoms with Gasteiger partial charge >= 0.3 is 11.9 Å². The average molecular weight is 661 g/mol. The molecule has 0 saturated heterocycles. The van der Waals surface area contributed by atoms with Gasteiger partial charge in [-0.3, -0.25) is 9.36 Å². The van der Waals surface area contributed by atoms with E-state index in [1.54, 1.807) is 54.0 Å². The molecule has 0 spiro atoms. The van der Waals surface area contributed by atoms with Crippen LogP contribution >= 0.6 is 11.3 Å². The topological polar surface area (TPSA) is 126 Å². The van der Waals surface area contributed by atoms with Crippen molar-refractivity contribution in [2.24, 2.45) is 4.99 Å². The predicted octanol–water partition coefficient (Wildman–Crippen LogP) is 4.94. The summed E-state index contributed by atoms with van der Waals surface area (Å²) in [7, 11) is 0. The van der Waals surface area contributed by atoms with Crippen LogP contribution in [0.25, 0.3) is 11.8 Å². The third kappa shape index (κ3) is 5.98. The highest BCUT2D eigenvalue weighted by Crippen LogP contribution is 2.40. The van der Waals surface area contributed by atoms with E-state index in [9.17, 15) is 14.4 Å². The molecule has 4 aromatic carbocycles. The van der Waals surface area contributed by atoms with Crippen LogP contribution in [0.15, 0.2) is 112 Å². The minimum atomic E-state index is -0.981. The molecule has 0 amide bonds. The second-order valence-corrected chi connectivity index (χ2v) is 11.9. The van der Waals surface area contributed by atoms with Crippen molar-refractivity contribution in [3.05, 3.63) is 150 Å². The molecule has 0 saturated carbocycles. The van der Waals surface area contributed by atoms with Crippen LogP contribution in [-0.2, 0) is 16.1 Å². The van der Waals surface area contributed by atoms with Crippen LogP contribution in [0.2, 0.25) is 0 Å². The lowest BCUT2D eigenvalue weighted by Crippen LogP contribution is -2.40. The molecule has 2 aliphatic rings. The molecule has 0 fully saturated rings. The summed E-state index contributed by atoms with van der Waals surface area (Å²) in [6.07, 6.45) is 1.78. The third-order valence-corrected chi connectivity index (χ3v) is 8.85. The van der Waals surface area contributed by atoms with Crippen molar-refractivity contribution in [2.75, 3.05) is 13.4 Å². The van der Waals surface area contributed by atoms with Crippen molar-refractivity contribution in [3.63, 3.8) is 0 Å². The van der Waals surface area contributed by atoms with Crippen LogP contribution in [0.3, 0.4) is 0 Å². The lowest BCUT2D eigenvalue weighted by atomic mass is 9.93. The fourth-order valence-corrected chi connectivity index (χ4v) is 6.56. The Balaban J connectivity index is 1.28. The van der Waals surface area contributed by atoms with Gasteiger partial charge in [-0.25, -0.2) is 14.6 Å². The first-order valence-corrected chi connectivity index (χ1v) is 15.9. The number of esters is 1. The Labute approximate surface area is 278 Å². The first-order valence-electron chi connectivity index (χ1n) is 15.1. The smallest absolute Gasteiger partial charge is 0.338 e. The Morgan fingerprint density at radius 1 is 0.979 bits per heavy atom. The zero-order valence-corrected chi connectivity index (χ0v) is 26.4. The molecule has 5 aromatic rings. The molecule has 1 aromatic heterocycles. The number of carbonyl (C=O) groups excluding carboxylic acids is 1. The van der Waals surface area contributed by atoms with E-state index in [0.717, 1.165) is 16.7 Å². The molecule has 0 radical (unpaired) electrons. The average Bonchev–Trinajstić information content (AvgIpc) is 3.71. The molecule has 3 heterocycles. The number of carbonyl (C=O) groups is 2. The normalized spacial score (nSPS) is 15.1. The number of rotatable bonds is 9. The van der Waals surface area contributed by atoms with Gasteiger partial charge in [-0.05, 0) is 66.1 Å².